The number of anilines is 3. The molecule has 6 rings (SSSR count). The Morgan fingerprint density at radius 2 is 1.33 bits per heavy atom. The quantitative estimate of drug-likeness (QED) is 0.211. The summed E-state index contributed by atoms with van der Waals surface area (Å²) in [6, 6.07) is 21.0. The Morgan fingerprint density at radius 1 is 0.750 bits per heavy atom. The molecule has 0 amide bonds. The maximum atomic E-state index is 13.4. The first-order valence-corrected chi connectivity index (χ1v) is 12.2. The maximum Gasteiger partial charge on any atom is 1.00 e. The molecule has 0 fully saturated rings. The monoisotopic (exact) mass is 504 g/mol. The first-order chi connectivity index (χ1) is 16.7. The number of nitrogen functional groups attached to an aromatic ring is 1. The third kappa shape index (κ3) is 3.70. The minimum atomic E-state index is -5.02. The second kappa shape index (κ2) is 8.69. The number of hydrogen-bond donors (Lipinski definition) is 2. The molecule has 36 heavy (non-hydrogen) atoms. The van der Waals surface area contributed by atoms with Gasteiger partial charge in [0, 0.05) is 16.8 Å². The average Bonchev–Trinajstić information content (AvgIpc) is 3.20. The number of nitrogens with one attached hydrogen (secondary N) is 1. The Morgan fingerprint density at radius 3 is 2.00 bits per heavy atom. The van der Waals surface area contributed by atoms with Gasteiger partial charge in [0.25, 0.3) is 0 Å². The van der Waals surface area contributed by atoms with Crippen LogP contribution in [0.5, 0.6) is 0 Å². The molecule has 4 aromatic carbocycles. The van der Waals surface area contributed by atoms with Gasteiger partial charge in [0.05, 0.1) is 27.4 Å². The Balaban J connectivity index is 0.00000267. The molecule has 0 bridgehead atoms. The van der Waals surface area contributed by atoms with E-state index in [1.54, 1.807) is 18.2 Å². The van der Waals surface area contributed by atoms with Gasteiger partial charge in [-0.25, -0.2) is 8.42 Å². The van der Waals surface area contributed by atoms with Crippen LogP contribution in [0.15, 0.2) is 77.7 Å². The van der Waals surface area contributed by atoms with Crippen LogP contribution in [0.25, 0.3) is 11.1 Å². The summed E-state index contributed by atoms with van der Waals surface area (Å²) >= 11 is 0. The predicted molar refractivity (Wildman–Crippen MR) is 130 cm³/mol. The number of fused-ring (bicyclic) bond motifs is 5. The molecule has 4 aromatic rings. The van der Waals surface area contributed by atoms with Crippen LogP contribution >= 0.6 is 0 Å². The fraction of sp³-hybridized carbons (Fsp3) is 0.0370. The summed E-state index contributed by atoms with van der Waals surface area (Å²) in [4.78, 5) is 26.0. The second-order valence-corrected chi connectivity index (χ2v) is 9.92. The zero-order valence-electron chi connectivity index (χ0n) is 19.2. The van der Waals surface area contributed by atoms with E-state index in [0.29, 0.717) is 5.69 Å². The Kier molecular flexibility index (Phi) is 5.89. The molecule has 2 aliphatic carbocycles. The maximum absolute atomic E-state index is 13.4. The van der Waals surface area contributed by atoms with Crippen LogP contribution in [0.2, 0.25) is 0 Å². The number of carbonyl (C=O) groups is 2. The number of benzene rings is 4. The summed E-state index contributed by atoms with van der Waals surface area (Å²) in [7, 11) is -5.02. The van der Waals surface area contributed by atoms with Crippen LogP contribution in [-0.2, 0) is 16.5 Å². The average molecular weight is 504 g/mol. The molecule has 0 spiro atoms. The van der Waals surface area contributed by atoms with Crippen molar-refractivity contribution in [2.75, 3.05) is 11.1 Å². The van der Waals surface area contributed by atoms with Crippen molar-refractivity contribution >= 4 is 38.7 Å². The third-order valence-electron chi connectivity index (χ3n) is 6.54. The molecular weight excluding hydrogens is 487 g/mol. The van der Waals surface area contributed by atoms with Gasteiger partial charge in [0.1, 0.15) is 10.1 Å². The first-order valence-electron chi connectivity index (χ1n) is 10.8. The van der Waals surface area contributed by atoms with E-state index in [9.17, 15) is 22.6 Å². The van der Waals surface area contributed by atoms with Gasteiger partial charge in [0.15, 0.2) is 11.6 Å². The van der Waals surface area contributed by atoms with Crippen LogP contribution in [0, 0.1) is 0 Å². The van der Waals surface area contributed by atoms with Crippen molar-refractivity contribution in [1.29, 1.82) is 0 Å². The Bertz CT molecular complexity index is 1730. The van der Waals surface area contributed by atoms with Gasteiger partial charge in [-0.1, -0.05) is 54.6 Å². The van der Waals surface area contributed by atoms with Crippen LogP contribution in [0.3, 0.4) is 0 Å². The number of nitrogens with two attached hydrogens (primary N) is 1. The Labute approximate surface area is 229 Å². The molecule has 0 saturated heterocycles. The van der Waals surface area contributed by atoms with E-state index < -0.39 is 32.3 Å². The molecule has 0 atom stereocenters. The van der Waals surface area contributed by atoms with E-state index in [1.165, 1.54) is 17.7 Å². The Hall–Kier alpha value is -3.27. The van der Waals surface area contributed by atoms with Crippen LogP contribution in [-0.4, -0.2) is 24.5 Å². The van der Waals surface area contributed by atoms with Gasteiger partial charge in [-0.3, -0.25) is 9.59 Å². The number of carbonyl (C=O) groups excluding carboxylic acids is 2. The van der Waals surface area contributed by atoms with E-state index >= 15 is 0 Å². The molecule has 0 aromatic heterocycles. The molecule has 2 aliphatic rings. The topological polar surface area (TPSA) is 129 Å². The van der Waals surface area contributed by atoms with Crippen molar-refractivity contribution in [1.82, 2.24) is 0 Å². The van der Waals surface area contributed by atoms with Crippen LogP contribution in [0.4, 0.5) is 17.1 Å². The number of ketones is 2. The number of hydrogen-bond acceptors (Lipinski definition) is 7. The minimum Gasteiger partial charge on any atom is -0.744 e. The largest absolute Gasteiger partial charge is 1.00 e. The van der Waals surface area contributed by atoms with E-state index in [2.05, 4.69) is 17.4 Å². The van der Waals surface area contributed by atoms with Gasteiger partial charge < -0.3 is 15.6 Å². The predicted octanol–water partition coefficient (Wildman–Crippen LogP) is 1.27. The molecule has 0 saturated carbocycles. The minimum absolute atomic E-state index is 0. The molecule has 0 heterocycles. The van der Waals surface area contributed by atoms with Gasteiger partial charge in [-0.2, -0.15) is 0 Å². The zero-order valence-corrected chi connectivity index (χ0v) is 22.0. The molecular formula is C27H17N2NaO5S. The summed E-state index contributed by atoms with van der Waals surface area (Å²) < 4.78 is 36.0. The fourth-order valence-electron chi connectivity index (χ4n) is 4.98. The molecule has 7 nitrogen and oxygen atoms in total. The van der Waals surface area contributed by atoms with E-state index in [4.69, 9.17) is 5.73 Å². The fourth-order valence-corrected chi connectivity index (χ4v) is 5.61. The summed E-state index contributed by atoms with van der Waals surface area (Å²) in [6.45, 7) is 0. The summed E-state index contributed by atoms with van der Waals surface area (Å²) in [5.74, 6) is -1.08. The van der Waals surface area contributed by atoms with Crippen molar-refractivity contribution in [2.24, 2.45) is 0 Å². The van der Waals surface area contributed by atoms with Gasteiger partial charge >= 0.3 is 29.6 Å². The van der Waals surface area contributed by atoms with Crippen molar-refractivity contribution < 1.29 is 52.1 Å². The van der Waals surface area contributed by atoms with Crippen molar-refractivity contribution in [3.63, 3.8) is 0 Å². The van der Waals surface area contributed by atoms with Gasteiger partial charge in [0.2, 0.25) is 0 Å². The molecule has 3 N–H and O–H groups in total. The van der Waals surface area contributed by atoms with Crippen molar-refractivity contribution in [3.05, 3.63) is 106 Å². The van der Waals surface area contributed by atoms with Crippen LogP contribution in [0.1, 0.15) is 43.0 Å². The van der Waals surface area contributed by atoms with Gasteiger partial charge in [-0.05, 0) is 46.9 Å². The van der Waals surface area contributed by atoms with Crippen molar-refractivity contribution in [2.45, 2.75) is 11.3 Å². The SMILES string of the molecule is Nc1c(S(=O)(=O)[O-])cc(Nc2ccc3c(c2)Cc2ccccc2-3)c2c1C(=O)c1ccccc1C2=O.[Na+]. The normalized spacial score (nSPS) is 13.2. The second-order valence-electron chi connectivity index (χ2n) is 8.57. The van der Waals surface area contributed by atoms with E-state index in [1.807, 2.05) is 24.3 Å². The summed E-state index contributed by atoms with van der Waals surface area (Å²) in [5.41, 5.74) is 10.6. The summed E-state index contributed by atoms with van der Waals surface area (Å²) in [5, 5.41) is 3.08. The van der Waals surface area contributed by atoms with E-state index in [0.717, 1.165) is 29.2 Å². The molecule has 0 radical (unpaired) electrons. The summed E-state index contributed by atoms with van der Waals surface area (Å²) in [6.07, 6.45) is 0.728. The zero-order chi connectivity index (χ0) is 24.5. The first kappa shape index (κ1) is 24.4. The molecule has 9 heteroatoms. The van der Waals surface area contributed by atoms with Gasteiger partial charge in [-0.15, -0.1) is 0 Å². The molecule has 0 aliphatic heterocycles. The molecule has 172 valence electrons. The van der Waals surface area contributed by atoms with Crippen LogP contribution < -0.4 is 40.6 Å². The van der Waals surface area contributed by atoms with E-state index in [-0.39, 0.29) is 57.5 Å². The number of rotatable bonds is 3. The third-order valence-corrected chi connectivity index (χ3v) is 7.42. The molecule has 0 unspecified atom stereocenters. The smallest absolute Gasteiger partial charge is 0.744 e. The standard InChI is InChI=1S/C27H18N2O5S.Na/c28-25-22(35(32,33)34)13-21(23-24(25)27(31)20-8-4-3-7-19(20)26(23)30)29-16-9-10-18-15(12-16)11-14-5-1-2-6-17(14)18;/h1-10,12-13,29H,11,28H2,(H,32,33,34);/q;+1/p-1. The van der Waals surface area contributed by atoms with Crippen molar-refractivity contribution in [3.8, 4) is 11.1 Å².